The number of Topliss-reactive ketones (excluding diaryl/α,β-unsaturated/α-hetero) is 1. The molecule has 2 fully saturated rings. The van der Waals surface area contributed by atoms with E-state index in [2.05, 4.69) is 0 Å². The minimum absolute atomic E-state index is 0.00965. The molecule has 1 aromatic carbocycles. The van der Waals surface area contributed by atoms with E-state index in [1.165, 1.54) is 6.07 Å². The normalized spacial score (nSPS) is 25.8. The Labute approximate surface area is 148 Å². The van der Waals surface area contributed by atoms with Crippen molar-refractivity contribution in [2.75, 3.05) is 0 Å². The molecule has 2 aliphatic rings. The number of amides is 1. The van der Waals surface area contributed by atoms with E-state index < -0.39 is 11.4 Å². The zero-order valence-corrected chi connectivity index (χ0v) is 15.3. The number of fused-ring (bicyclic) bond motifs is 2. The fourth-order valence-corrected chi connectivity index (χ4v) is 4.05. The molecule has 1 amide bonds. The number of rotatable bonds is 2. The summed E-state index contributed by atoms with van der Waals surface area (Å²) in [6.45, 7) is 7.40. The van der Waals surface area contributed by atoms with Crippen LogP contribution in [0, 0.1) is 18.7 Å². The summed E-state index contributed by atoms with van der Waals surface area (Å²) >= 11 is 0. The Hall–Kier alpha value is -1.91. The van der Waals surface area contributed by atoms with Crippen LogP contribution in [-0.4, -0.2) is 34.5 Å². The molecule has 1 aromatic rings. The van der Waals surface area contributed by atoms with Gasteiger partial charge in [-0.1, -0.05) is 11.6 Å². The highest BCUT2D eigenvalue weighted by molar-refractivity contribution is 5.98. The third-order valence-corrected chi connectivity index (χ3v) is 5.10. The summed E-state index contributed by atoms with van der Waals surface area (Å²) in [4.78, 5) is 27.1. The molecule has 2 unspecified atom stereocenters. The maximum Gasteiger partial charge on any atom is 0.410 e. The first-order valence-electron chi connectivity index (χ1n) is 8.97. The van der Waals surface area contributed by atoms with Gasteiger partial charge in [-0.25, -0.2) is 9.18 Å². The zero-order chi connectivity index (χ0) is 18.4. The van der Waals surface area contributed by atoms with Crippen LogP contribution < -0.4 is 0 Å². The van der Waals surface area contributed by atoms with Crippen LogP contribution in [0.25, 0.3) is 0 Å². The third kappa shape index (κ3) is 3.70. The Bertz CT molecular complexity index is 681. The number of carbonyl (C=O) groups is 2. The highest BCUT2D eigenvalue weighted by Crippen LogP contribution is 2.40. The van der Waals surface area contributed by atoms with Gasteiger partial charge < -0.3 is 9.64 Å². The highest BCUT2D eigenvalue weighted by Gasteiger charge is 2.46. The number of carbonyl (C=O) groups excluding carboxylic acids is 2. The molecule has 25 heavy (non-hydrogen) atoms. The molecule has 2 atom stereocenters. The van der Waals surface area contributed by atoms with Crippen LogP contribution in [0.2, 0.25) is 0 Å². The average Bonchev–Trinajstić information content (AvgIpc) is 2.78. The van der Waals surface area contributed by atoms with Crippen molar-refractivity contribution < 1.29 is 18.7 Å². The molecule has 136 valence electrons. The Morgan fingerprint density at radius 1 is 1.16 bits per heavy atom. The van der Waals surface area contributed by atoms with Crippen molar-refractivity contribution in [3.8, 4) is 0 Å². The Kier molecular flexibility index (Phi) is 4.60. The number of halogens is 1. The van der Waals surface area contributed by atoms with Gasteiger partial charge in [-0.05, 0) is 65.5 Å². The summed E-state index contributed by atoms with van der Waals surface area (Å²) in [5.74, 6) is -0.827. The number of ether oxygens (including phenoxy) is 1. The number of aryl methyl sites for hydroxylation is 1. The largest absolute Gasteiger partial charge is 0.444 e. The van der Waals surface area contributed by atoms with E-state index >= 15 is 0 Å². The minimum Gasteiger partial charge on any atom is -0.444 e. The molecule has 3 rings (SSSR count). The molecule has 2 bridgehead atoms. The van der Waals surface area contributed by atoms with Crippen LogP contribution in [0.3, 0.4) is 0 Å². The number of piperidine rings is 1. The van der Waals surface area contributed by atoms with E-state index in [1.54, 1.807) is 12.1 Å². The molecule has 0 saturated carbocycles. The standard InChI is InChI=1S/C20H26FNO3/c1-12-5-8-17(21)16(9-12)18(23)13-10-14-6-7-15(11-13)22(14)19(24)25-20(2,3)4/h5,8-9,13-15H,6-7,10-11H2,1-4H3. The molecule has 2 heterocycles. The average molecular weight is 347 g/mol. The number of ketones is 1. The van der Waals surface area contributed by atoms with E-state index in [-0.39, 0.29) is 35.4 Å². The summed E-state index contributed by atoms with van der Waals surface area (Å²) in [6, 6.07) is 4.67. The number of nitrogens with zero attached hydrogens (tertiary/aromatic N) is 1. The van der Waals surface area contributed by atoms with Gasteiger partial charge in [-0.15, -0.1) is 0 Å². The van der Waals surface area contributed by atoms with Crippen LogP contribution in [0.1, 0.15) is 62.4 Å². The third-order valence-electron chi connectivity index (χ3n) is 5.10. The van der Waals surface area contributed by atoms with Gasteiger partial charge in [-0.3, -0.25) is 4.79 Å². The van der Waals surface area contributed by atoms with Gasteiger partial charge in [0.25, 0.3) is 0 Å². The van der Waals surface area contributed by atoms with Gasteiger partial charge >= 0.3 is 6.09 Å². The van der Waals surface area contributed by atoms with Crippen molar-refractivity contribution in [3.63, 3.8) is 0 Å². The van der Waals surface area contributed by atoms with Gasteiger partial charge in [0.1, 0.15) is 11.4 Å². The van der Waals surface area contributed by atoms with Crippen molar-refractivity contribution in [1.82, 2.24) is 4.90 Å². The fourth-order valence-electron chi connectivity index (χ4n) is 4.05. The lowest BCUT2D eigenvalue weighted by Gasteiger charge is -2.39. The molecule has 4 nitrogen and oxygen atoms in total. The molecule has 0 spiro atoms. The summed E-state index contributed by atoms with van der Waals surface area (Å²) in [6.07, 6.45) is 2.63. The van der Waals surface area contributed by atoms with E-state index in [9.17, 15) is 14.0 Å². The molecule has 0 N–H and O–H groups in total. The molecular formula is C20H26FNO3. The number of benzene rings is 1. The molecule has 2 aliphatic heterocycles. The molecule has 2 saturated heterocycles. The zero-order valence-electron chi connectivity index (χ0n) is 15.3. The number of hydrogen-bond acceptors (Lipinski definition) is 3. The van der Waals surface area contributed by atoms with Crippen LogP contribution >= 0.6 is 0 Å². The minimum atomic E-state index is -0.534. The van der Waals surface area contributed by atoms with Crippen molar-refractivity contribution in [3.05, 3.63) is 35.1 Å². The summed E-state index contributed by atoms with van der Waals surface area (Å²) in [5.41, 5.74) is 0.516. The van der Waals surface area contributed by atoms with E-state index in [0.29, 0.717) is 12.8 Å². The first kappa shape index (κ1) is 17.9. The van der Waals surface area contributed by atoms with Crippen molar-refractivity contribution in [2.45, 2.75) is 71.1 Å². The van der Waals surface area contributed by atoms with E-state index in [1.807, 2.05) is 32.6 Å². The predicted molar refractivity (Wildman–Crippen MR) is 93.1 cm³/mol. The maximum atomic E-state index is 14.1. The lowest BCUT2D eigenvalue weighted by Crippen LogP contribution is -2.49. The molecular weight excluding hydrogens is 321 g/mol. The quantitative estimate of drug-likeness (QED) is 0.740. The Balaban J connectivity index is 1.74. The van der Waals surface area contributed by atoms with Crippen LogP contribution in [-0.2, 0) is 4.74 Å². The first-order valence-corrected chi connectivity index (χ1v) is 8.97. The molecule has 5 heteroatoms. The van der Waals surface area contributed by atoms with Crippen LogP contribution in [0.5, 0.6) is 0 Å². The maximum absolute atomic E-state index is 14.1. The Morgan fingerprint density at radius 3 is 2.32 bits per heavy atom. The van der Waals surface area contributed by atoms with Gasteiger partial charge in [0.15, 0.2) is 5.78 Å². The van der Waals surface area contributed by atoms with Gasteiger partial charge in [0.2, 0.25) is 0 Å². The van der Waals surface area contributed by atoms with Crippen LogP contribution in [0.15, 0.2) is 18.2 Å². The van der Waals surface area contributed by atoms with Crippen molar-refractivity contribution in [2.24, 2.45) is 5.92 Å². The second-order valence-electron chi connectivity index (χ2n) is 8.29. The monoisotopic (exact) mass is 347 g/mol. The lowest BCUT2D eigenvalue weighted by atomic mass is 9.84. The van der Waals surface area contributed by atoms with Gasteiger partial charge in [0, 0.05) is 18.0 Å². The van der Waals surface area contributed by atoms with Gasteiger partial charge in [0.05, 0.1) is 5.56 Å². The van der Waals surface area contributed by atoms with Crippen molar-refractivity contribution >= 4 is 11.9 Å². The number of hydrogen-bond donors (Lipinski definition) is 0. The predicted octanol–water partition coefficient (Wildman–Crippen LogP) is 4.49. The van der Waals surface area contributed by atoms with Crippen LogP contribution in [0.4, 0.5) is 9.18 Å². The Morgan fingerprint density at radius 2 is 1.76 bits per heavy atom. The van der Waals surface area contributed by atoms with Crippen molar-refractivity contribution in [1.29, 1.82) is 0 Å². The molecule has 0 aliphatic carbocycles. The van der Waals surface area contributed by atoms with Gasteiger partial charge in [-0.2, -0.15) is 0 Å². The topological polar surface area (TPSA) is 46.6 Å². The first-order chi connectivity index (χ1) is 11.7. The second-order valence-corrected chi connectivity index (χ2v) is 8.29. The summed E-state index contributed by atoms with van der Waals surface area (Å²) in [5, 5.41) is 0. The SMILES string of the molecule is Cc1ccc(F)c(C(=O)C2CC3CCC(C2)N3C(=O)OC(C)(C)C)c1. The summed E-state index contributed by atoms with van der Waals surface area (Å²) in [7, 11) is 0. The second kappa shape index (κ2) is 6.43. The van der Waals surface area contributed by atoms with E-state index in [0.717, 1.165) is 18.4 Å². The van der Waals surface area contributed by atoms with E-state index in [4.69, 9.17) is 4.74 Å². The molecule has 0 radical (unpaired) electrons. The fraction of sp³-hybridized carbons (Fsp3) is 0.600. The smallest absolute Gasteiger partial charge is 0.410 e. The highest BCUT2D eigenvalue weighted by atomic mass is 19.1. The lowest BCUT2D eigenvalue weighted by molar-refractivity contribution is 0.00250. The summed E-state index contributed by atoms with van der Waals surface area (Å²) < 4.78 is 19.6. The molecule has 0 aromatic heterocycles.